The summed E-state index contributed by atoms with van der Waals surface area (Å²) in [7, 11) is 0. The first-order chi connectivity index (χ1) is 38.1. The van der Waals surface area contributed by atoms with E-state index >= 15 is 0 Å². The summed E-state index contributed by atoms with van der Waals surface area (Å²) in [6.07, 6.45) is 0. The van der Waals surface area contributed by atoms with E-state index in [0.717, 1.165) is 0 Å². The van der Waals surface area contributed by atoms with Crippen molar-refractivity contribution in [3.63, 3.8) is 0 Å². The fourth-order valence-corrected chi connectivity index (χ4v) is 5.71. The second kappa shape index (κ2) is 11.5. The van der Waals surface area contributed by atoms with Crippen molar-refractivity contribution in [2.75, 3.05) is 0 Å². The van der Waals surface area contributed by atoms with Crippen LogP contribution in [0.1, 0.15) is 43.9 Å². The molecule has 2 heteroatoms. The van der Waals surface area contributed by atoms with Crippen LogP contribution in [-0.2, 0) is 0 Å². The number of aromatic nitrogens is 2. The number of para-hydroxylation sites is 2. The van der Waals surface area contributed by atoms with E-state index in [-0.39, 0.29) is 0 Å². The van der Waals surface area contributed by atoms with Gasteiger partial charge in [-0.3, -0.25) is 0 Å². The average Bonchev–Trinajstić information content (AvgIpc) is 3.52. The topological polar surface area (TPSA) is 9.86 Å². The molecule has 0 radical (unpaired) electrons. The van der Waals surface area contributed by atoms with Gasteiger partial charge < -0.3 is 9.13 Å². The third-order valence-electron chi connectivity index (χ3n) is 7.80. The van der Waals surface area contributed by atoms with Gasteiger partial charge in [0.1, 0.15) is 0 Å². The number of fused-ring (bicyclic) bond motifs is 7. The molecule has 0 bridgehead atoms. The summed E-state index contributed by atoms with van der Waals surface area (Å²) in [5, 5.41) is -2.38. The quantitative estimate of drug-likeness (QED) is 0.173. The van der Waals surface area contributed by atoms with Gasteiger partial charge in [-0.25, -0.2) is 0 Å². The SMILES string of the molecule is [2H]c1c([2H])c([2H])c(-c2c([2H])c([2H])c(-n3c4c([2H])c([2H])c([2H])c([2H])c4c4c5c6c([2H])c([2H])c([2H])c([2H])c6n(-c6c([2H])c([2H])c(-c7c([2H])c([2H])c([2H])c(-c8c([2H])c([2H])c([2H])c([2H])c8[2H])c7[2H])c([2H])c6[2H])c5c([2H])c([2H])c43)c([2H])c2[2H])c([2H])c1[2H]. The molecular formula is C48H32N2. The summed E-state index contributed by atoms with van der Waals surface area (Å²) < 4.78 is 288. The molecule has 8 aromatic carbocycles. The van der Waals surface area contributed by atoms with E-state index in [1.165, 1.54) is 0 Å². The van der Waals surface area contributed by atoms with Crippen molar-refractivity contribution in [1.29, 1.82) is 0 Å². The van der Waals surface area contributed by atoms with Crippen molar-refractivity contribution in [2.45, 2.75) is 0 Å². The highest BCUT2D eigenvalue weighted by molar-refractivity contribution is 6.28. The number of nitrogens with zero attached hydrogens (tertiary/aromatic N) is 2. The minimum absolute atomic E-state index is 0.568. The van der Waals surface area contributed by atoms with Crippen LogP contribution in [0.3, 0.4) is 0 Å². The van der Waals surface area contributed by atoms with Gasteiger partial charge in [0.15, 0.2) is 0 Å². The van der Waals surface area contributed by atoms with Crippen LogP contribution in [-0.4, -0.2) is 9.13 Å². The fraction of sp³-hybridized carbons (Fsp3) is 0. The summed E-state index contributed by atoms with van der Waals surface area (Å²) in [5.74, 6) is 0. The predicted molar refractivity (Wildman–Crippen MR) is 211 cm³/mol. The zero-order valence-electron chi connectivity index (χ0n) is 56.9. The van der Waals surface area contributed by atoms with Gasteiger partial charge in [0.05, 0.1) is 65.9 Å². The Labute approximate surface area is 335 Å². The van der Waals surface area contributed by atoms with Gasteiger partial charge in [0.2, 0.25) is 0 Å². The van der Waals surface area contributed by atoms with Crippen LogP contribution in [0.2, 0.25) is 0 Å². The molecule has 0 saturated heterocycles. The lowest BCUT2D eigenvalue weighted by molar-refractivity contribution is 1.17. The van der Waals surface area contributed by atoms with Crippen LogP contribution in [0.5, 0.6) is 0 Å². The number of hydrogen-bond acceptors (Lipinski definition) is 0. The van der Waals surface area contributed by atoms with Crippen LogP contribution in [0, 0.1) is 0 Å². The van der Waals surface area contributed by atoms with Crippen molar-refractivity contribution >= 4 is 43.6 Å². The highest BCUT2D eigenvalue weighted by atomic mass is 15.0. The predicted octanol–water partition coefficient (Wildman–Crippen LogP) is 12.9. The Kier molecular flexibility index (Phi) is 2.52. The van der Waals surface area contributed by atoms with Crippen LogP contribution < -0.4 is 0 Å². The first kappa shape index (κ1) is 10.9. The van der Waals surface area contributed by atoms with Gasteiger partial charge in [0, 0.05) is 32.9 Å². The van der Waals surface area contributed by atoms with Crippen LogP contribution in [0.25, 0.3) is 88.4 Å². The molecular weight excluding hydrogens is 605 g/mol. The highest BCUT2D eigenvalue weighted by Crippen LogP contribution is 2.42. The molecule has 0 unspecified atom stereocenters. The Hall–Kier alpha value is -6.64. The summed E-state index contributed by atoms with van der Waals surface area (Å²) in [6.45, 7) is 0. The first-order valence-electron chi connectivity index (χ1n) is 30.6. The molecule has 50 heavy (non-hydrogen) atoms. The third kappa shape index (κ3) is 4.50. The lowest BCUT2D eigenvalue weighted by Crippen LogP contribution is -1.95. The normalized spacial score (nSPS) is 20.6. The average molecular weight is 669 g/mol. The van der Waals surface area contributed by atoms with E-state index in [2.05, 4.69) is 0 Å². The zero-order chi connectivity index (χ0) is 60.9. The molecule has 0 fully saturated rings. The van der Waals surface area contributed by atoms with Crippen molar-refractivity contribution in [2.24, 2.45) is 0 Å². The summed E-state index contributed by atoms with van der Waals surface area (Å²) in [6, 6.07) is -31.6. The molecule has 2 aromatic heterocycles. The molecule has 0 aliphatic rings. The van der Waals surface area contributed by atoms with Gasteiger partial charge in [-0.05, 0) is 87.8 Å². The maximum Gasteiger partial charge on any atom is 0.0646 e. The molecule has 0 saturated carbocycles. The molecule has 0 amide bonds. The fourth-order valence-electron chi connectivity index (χ4n) is 5.71. The molecule has 0 aliphatic heterocycles. The molecule has 10 rings (SSSR count). The lowest BCUT2D eigenvalue weighted by atomic mass is 9.99. The van der Waals surface area contributed by atoms with Gasteiger partial charge in [-0.1, -0.05) is 139 Å². The smallest absolute Gasteiger partial charge is 0.0646 e. The zero-order valence-corrected chi connectivity index (χ0v) is 24.9. The number of benzene rings is 8. The molecule has 2 heterocycles. The maximum atomic E-state index is 9.78. The molecule has 0 N–H and O–H groups in total. The Morgan fingerprint density at radius 2 is 0.640 bits per heavy atom. The molecule has 10 aromatic rings. The van der Waals surface area contributed by atoms with E-state index in [4.69, 9.17) is 23.3 Å². The molecule has 0 atom stereocenters. The van der Waals surface area contributed by atoms with Crippen molar-refractivity contribution in [3.8, 4) is 44.8 Å². The van der Waals surface area contributed by atoms with Gasteiger partial charge >= 0.3 is 0 Å². The van der Waals surface area contributed by atoms with Crippen LogP contribution in [0.15, 0.2) is 193 Å². The van der Waals surface area contributed by atoms with Crippen molar-refractivity contribution in [1.82, 2.24) is 9.13 Å². The van der Waals surface area contributed by atoms with Crippen molar-refractivity contribution in [3.05, 3.63) is 193 Å². The molecule has 2 nitrogen and oxygen atoms in total. The van der Waals surface area contributed by atoms with E-state index in [1.807, 2.05) is 0 Å². The first-order valence-corrected chi connectivity index (χ1v) is 14.6. The van der Waals surface area contributed by atoms with E-state index in [9.17, 15) is 20.6 Å². The number of rotatable bonds is 5. The molecule has 0 aliphatic carbocycles. The Morgan fingerprint density at radius 1 is 0.280 bits per heavy atom. The molecule has 0 spiro atoms. The standard InChI is InChI=1S/C48H32N2/c1-3-12-33(13-4-1)35-22-26-39(27-23-35)49-43-20-9-7-18-41(43)47-45(49)30-31-46-48(47)42-19-8-10-21-44(42)50(46)40-28-24-36(25-29-40)38-17-11-16-37(32-38)34-14-5-2-6-15-34/h1-32H/i1D,2D,3D,4D,5D,6D,7D,8D,9D,10D,11D,12D,13D,14D,15D,16D,17D,18D,19D,20D,21D,22D,23D,24D,25D,26D,27D,28D,29D,30D,31D,32D. The monoisotopic (exact) mass is 668 g/mol. The third-order valence-corrected chi connectivity index (χ3v) is 7.80. The lowest BCUT2D eigenvalue weighted by Gasteiger charge is -2.11. The summed E-state index contributed by atoms with van der Waals surface area (Å²) >= 11 is 0. The highest BCUT2D eigenvalue weighted by Gasteiger charge is 2.20. The van der Waals surface area contributed by atoms with Gasteiger partial charge in [-0.2, -0.15) is 0 Å². The second-order valence-electron chi connectivity index (χ2n) is 10.5. The van der Waals surface area contributed by atoms with Crippen LogP contribution >= 0.6 is 0 Å². The minimum atomic E-state index is -1.15. The Bertz CT molecular complexity index is 4590. The minimum Gasteiger partial charge on any atom is -0.309 e. The van der Waals surface area contributed by atoms with Crippen LogP contribution in [0.4, 0.5) is 0 Å². The van der Waals surface area contributed by atoms with E-state index < -0.39 is 282 Å². The molecule has 234 valence electrons. The van der Waals surface area contributed by atoms with E-state index in [0.29, 0.717) is 9.13 Å². The van der Waals surface area contributed by atoms with Gasteiger partial charge in [0.25, 0.3) is 0 Å². The Morgan fingerprint density at radius 3 is 1.12 bits per heavy atom. The summed E-state index contributed by atoms with van der Waals surface area (Å²) in [4.78, 5) is 0. The van der Waals surface area contributed by atoms with Gasteiger partial charge in [-0.15, -0.1) is 0 Å². The summed E-state index contributed by atoms with van der Waals surface area (Å²) in [5.41, 5.74) is -9.58. The van der Waals surface area contributed by atoms with Crippen molar-refractivity contribution < 1.29 is 43.9 Å². The second-order valence-corrected chi connectivity index (χ2v) is 10.5. The largest absolute Gasteiger partial charge is 0.309 e. The van der Waals surface area contributed by atoms with E-state index in [1.54, 1.807) is 0 Å². The maximum absolute atomic E-state index is 9.78. The number of hydrogen-bond donors (Lipinski definition) is 0. The Balaban J connectivity index is 1.41.